The van der Waals surface area contributed by atoms with E-state index in [-0.39, 0.29) is 11.4 Å². The summed E-state index contributed by atoms with van der Waals surface area (Å²) in [5.41, 5.74) is 1.75. The lowest BCUT2D eigenvalue weighted by Gasteiger charge is -2.10. The van der Waals surface area contributed by atoms with Crippen LogP contribution in [0.4, 0.5) is 5.69 Å². The number of nitrogens with one attached hydrogen (secondary N) is 1. The van der Waals surface area contributed by atoms with E-state index in [1.54, 1.807) is 19.1 Å². The van der Waals surface area contributed by atoms with Crippen LogP contribution in [-0.2, 0) is 9.53 Å². The number of esters is 1. The Hall–Kier alpha value is -2.41. The number of hydrogen-bond acceptors (Lipinski definition) is 5. The molecule has 0 saturated carbocycles. The first kappa shape index (κ1) is 17.9. The number of ether oxygens (including phenoxy) is 2. The standard InChI is InChI=1S/C17H17BrN2O4/c1-3-23-16-13(5-4-8-19-16)17(22)24-10-15(21)20-14-7-6-12(18)9-11(14)2/h4-9H,3,10H2,1-2H3,(H,20,21). The Morgan fingerprint density at radius 1 is 1.29 bits per heavy atom. The number of anilines is 1. The normalized spacial score (nSPS) is 10.1. The second-order valence-electron chi connectivity index (χ2n) is 4.87. The molecule has 0 unspecified atom stereocenters. The molecule has 1 aromatic heterocycles. The van der Waals surface area contributed by atoms with Gasteiger partial charge in [-0.05, 0) is 49.7 Å². The predicted octanol–water partition coefficient (Wildman–Crippen LogP) is 3.35. The van der Waals surface area contributed by atoms with E-state index in [0.717, 1.165) is 10.0 Å². The molecule has 0 spiro atoms. The molecule has 6 nitrogen and oxygen atoms in total. The van der Waals surface area contributed by atoms with Crippen molar-refractivity contribution >= 4 is 33.5 Å². The second kappa shape index (κ2) is 8.44. The molecule has 0 saturated heterocycles. The molecule has 2 aromatic rings. The number of rotatable bonds is 6. The highest BCUT2D eigenvalue weighted by molar-refractivity contribution is 9.10. The topological polar surface area (TPSA) is 77.5 Å². The minimum Gasteiger partial charge on any atom is -0.477 e. The molecule has 7 heteroatoms. The SMILES string of the molecule is CCOc1ncccc1C(=O)OCC(=O)Nc1ccc(Br)cc1C. The van der Waals surface area contributed by atoms with Gasteiger partial charge < -0.3 is 14.8 Å². The van der Waals surface area contributed by atoms with Gasteiger partial charge in [0.2, 0.25) is 5.88 Å². The summed E-state index contributed by atoms with van der Waals surface area (Å²) >= 11 is 3.36. The van der Waals surface area contributed by atoms with E-state index < -0.39 is 18.5 Å². The molecular weight excluding hydrogens is 376 g/mol. The summed E-state index contributed by atoms with van der Waals surface area (Å²) in [6.07, 6.45) is 1.52. The van der Waals surface area contributed by atoms with Crippen molar-refractivity contribution in [2.45, 2.75) is 13.8 Å². The molecule has 0 aliphatic heterocycles. The smallest absolute Gasteiger partial charge is 0.344 e. The van der Waals surface area contributed by atoms with Gasteiger partial charge in [-0.25, -0.2) is 9.78 Å². The number of pyridine rings is 1. The van der Waals surface area contributed by atoms with Gasteiger partial charge in [-0.3, -0.25) is 4.79 Å². The van der Waals surface area contributed by atoms with Crippen LogP contribution in [0.2, 0.25) is 0 Å². The van der Waals surface area contributed by atoms with Crippen molar-refractivity contribution in [3.8, 4) is 5.88 Å². The van der Waals surface area contributed by atoms with Crippen LogP contribution in [0.25, 0.3) is 0 Å². The molecule has 1 heterocycles. The molecule has 0 atom stereocenters. The summed E-state index contributed by atoms with van der Waals surface area (Å²) in [5.74, 6) is -0.890. The number of carbonyl (C=O) groups excluding carboxylic acids is 2. The van der Waals surface area contributed by atoms with Crippen LogP contribution < -0.4 is 10.1 Å². The number of nitrogens with zero attached hydrogens (tertiary/aromatic N) is 1. The zero-order valence-electron chi connectivity index (χ0n) is 13.3. The number of hydrogen-bond donors (Lipinski definition) is 1. The van der Waals surface area contributed by atoms with Crippen LogP contribution in [0.15, 0.2) is 41.0 Å². The maximum Gasteiger partial charge on any atom is 0.344 e. The molecular formula is C17H17BrN2O4. The molecule has 126 valence electrons. The van der Waals surface area contributed by atoms with Gasteiger partial charge in [-0.1, -0.05) is 15.9 Å². The molecule has 1 N–H and O–H groups in total. The monoisotopic (exact) mass is 392 g/mol. The van der Waals surface area contributed by atoms with E-state index in [9.17, 15) is 9.59 Å². The van der Waals surface area contributed by atoms with E-state index in [1.807, 2.05) is 19.1 Å². The van der Waals surface area contributed by atoms with Crippen LogP contribution in [0.5, 0.6) is 5.88 Å². The van der Waals surface area contributed by atoms with E-state index in [1.165, 1.54) is 12.3 Å². The van der Waals surface area contributed by atoms with Gasteiger partial charge in [0.05, 0.1) is 6.61 Å². The molecule has 0 radical (unpaired) electrons. The number of benzene rings is 1. The van der Waals surface area contributed by atoms with E-state index in [2.05, 4.69) is 26.2 Å². The van der Waals surface area contributed by atoms with Crippen LogP contribution in [0.1, 0.15) is 22.8 Å². The molecule has 0 bridgehead atoms. The molecule has 0 aliphatic carbocycles. The van der Waals surface area contributed by atoms with Crippen LogP contribution in [0, 0.1) is 6.92 Å². The van der Waals surface area contributed by atoms with Crippen molar-refractivity contribution in [2.24, 2.45) is 0 Å². The average Bonchev–Trinajstić information content (AvgIpc) is 2.56. The molecule has 1 aromatic carbocycles. The zero-order chi connectivity index (χ0) is 17.5. The minimum atomic E-state index is -0.658. The fourth-order valence-electron chi connectivity index (χ4n) is 1.96. The Kier molecular flexibility index (Phi) is 6.31. The van der Waals surface area contributed by atoms with Gasteiger partial charge in [-0.15, -0.1) is 0 Å². The lowest BCUT2D eigenvalue weighted by molar-refractivity contribution is -0.119. The van der Waals surface area contributed by atoms with Crippen molar-refractivity contribution in [1.29, 1.82) is 0 Å². The van der Waals surface area contributed by atoms with Crippen molar-refractivity contribution in [3.63, 3.8) is 0 Å². The molecule has 0 fully saturated rings. The first-order valence-electron chi connectivity index (χ1n) is 7.32. The van der Waals surface area contributed by atoms with Crippen LogP contribution >= 0.6 is 15.9 Å². The zero-order valence-corrected chi connectivity index (χ0v) is 14.9. The number of carbonyl (C=O) groups is 2. The molecule has 24 heavy (non-hydrogen) atoms. The van der Waals surface area contributed by atoms with E-state index >= 15 is 0 Å². The van der Waals surface area contributed by atoms with E-state index in [0.29, 0.717) is 12.3 Å². The van der Waals surface area contributed by atoms with E-state index in [4.69, 9.17) is 9.47 Å². The maximum absolute atomic E-state index is 12.1. The summed E-state index contributed by atoms with van der Waals surface area (Å²) in [4.78, 5) is 28.0. The van der Waals surface area contributed by atoms with Crippen LogP contribution in [0.3, 0.4) is 0 Å². The Bertz CT molecular complexity index is 749. The Morgan fingerprint density at radius 2 is 2.08 bits per heavy atom. The number of amides is 1. The lowest BCUT2D eigenvalue weighted by atomic mass is 10.2. The minimum absolute atomic E-state index is 0.187. The molecule has 1 amide bonds. The van der Waals surface area contributed by atoms with Crippen molar-refractivity contribution in [2.75, 3.05) is 18.5 Å². The summed E-state index contributed by atoms with van der Waals surface area (Å²) in [7, 11) is 0. The van der Waals surface area contributed by atoms with Crippen molar-refractivity contribution in [1.82, 2.24) is 4.98 Å². The first-order chi connectivity index (χ1) is 11.5. The highest BCUT2D eigenvalue weighted by atomic mass is 79.9. The number of halogens is 1. The highest BCUT2D eigenvalue weighted by Crippen LogP contribution is 2.20. The fraction of sp³-hybridized carbons (Fsp3) is 0.235. The van der Waals surface area contributed by atoms with Crippen molar-refractivity contribution < 1.29 is 19.1 Å². The van der Waals surface area contributed by atoms with Crippen LogP contribution in [-0.4, -0.2) is 30.1 Å². The largest absolute Gasteiger partial charge is 0.477 e. The summed E-state index contributed by atoms with van der Waals surface area (Å²) in [6.45, 7) is 3.64. The van der Waals surface area contributed by atoms with Gasteiger partial charge in [0.15, 0.2) is 6.61 Å². The van der Waals surface area contributed by atoms with Gasteiger partial charge >= 0.3 is 5.97 Å². The van der Waals surface area contributed by atoms with Gasteiger partial charge in [-0.2, -0.15) is 0 Å². The average molecular weight is 393 g/mol. The molecule has 2 rings (SSSR count). The summed E-state index contributed by atoms with van der Waals surface area (Å²) < 4.78 is 11.2. The number of aromatic nitrogens is 1. The highest BCUT2D eigenvalue weighted by Gasteiger charge is 2.16. The predicted molar refractivity (Wildman–Crippen MR) is 93.2 cm³/mol. The van der Waals surface area contributed by atoms with Crippen molar-refractivity contribution in [3.05, 3.63) is 52.1 Å². The Morgan fingerprint density at radius 3 is 2.79 bits per heavy atom. The number of aryl methyl sites for hydroxylation is 1. The Labute approximate surface area is 148 Å². The maximum atomic E-state index is 12.1. The summed E-state index contributed by atoms with van der Waals surface area (Å²) in [6, 6.07) is 8.61. The third kappa shape index (κ3) is 4.79. The quantitative estimate of drug-likeness (QED) is 0.762. The Balaban J connectivity index is 1.95. The molecule has 0 aliphatic rings. The second-order valence-corrected chi connectivity index (χ2v) is 5.79. The van der Waals surface area contributed by atoms with Gasteiger partial charge in [0, 0.05) is 16.4 Å². The third-order valence-corrected chi connectivity index (χ3v) is 3.56. The van der Waals surface area contributed by atoms with Gasteiger partial charge in [0.1, 0.15) is 5.56 Å². The third-order valence-electron chi connectivity index (χ3n) is 3.07. The summed E-state index contributed by atoms with van der Waals surface area (Å²) in [5, 5.41) is 2.70. The van der Waals surface area contributed by atoms with Gasteiger partial charge in [0.25, 0.3) is 5.91 Å². The first-order valence-corrected chi connectivity index (χ1v) is 8.11. The fourth-order valence-corrected chi connectivity index (χ4v) is 2.44. The lowest BCUT2D eigenvalue weighted by Crippen LogP contribution is -2.21.